The van der Waals surface area contributed by atoms with Crippen LogP contribution in [0.5, 0.6) is 0 Å². The van der Waals surface area contributed by atoms with Crippen LogP contribution in [0.2, 0.25) is 5.15 Å². The van der Waals surface area contributed by atoms with Gasteiger partial charge in [-0.05, 0) is 24.3 Å². The van der Waals surface area contributed by atoms with E-state index in [4.69, 9.17) is 11.6 Å². The van der Waals surface area contributed by atoms with Crippen molar-refractivity contribution >= 4 is 45.4 Å². The second-order valence-corrected chi connectivity index (χ2v) is 6.71. The van der Waals surface area contributed by atoms with Gasteiger partial charge in [0.2, 0.25) is 11.8 Å². The fourth-order valence-corrected chi connectivity index (χ4v) is 3.49. The zero-order valence-electron chi connectivity index (χ0n) is 14.0. The van der Waals surface area contributed by atoms with E-state index in [-0.39, 0.29) is 24.4 Å². The lowest BCUT2D eigenvalue weighted by molar-refractivity contribution is -0.133. The number of carbonyl (C=O) groups is 2. The molecule has 7 heteroatoms. The maximum Gasteiger partial charge on any atom is 0.246 e. The first kappa shape index (κ1) is 16.6. The summed E-state index contributed by atoms with van der Waals surface area (Å²) in [4.78, 5) is 30.0. The molecule has 0 unspecified atom stereocenters. The minimum atomic E-state index is -0.120. The molecule has 0 spiro atoms. The average Bonchev–Trinajstić information content (AvgIpc) is 2.90. The lowest BCUT2D eigenvalue weighted by atomic mass is 10.1. The fraction of sp³-hybridized carbons (Fsp3) is 0.211. The van der Waals surface area contributed by atoms with Crippen LogP contribution in [-0.2, 0) is 16.1 Å². The molecule has 1 aliphatic heterocycles. The SMILES string of the molecule is C=CC(=O)N1CC(NC(=O)Cn2c3ccccc3c3ccc(Cl)nc32)C1. The third-order valence-electron chi connectivity index (χ3n) is 4.62. The average molecular weight is 369 g/mol. The quantitative estimate of drug-likeness (QED) is 0.568. The summed E-state index contributed by atoms with van der Waals surface area (Å²) in [6.45, 7) is 4.62. The van der Waals surface area contributed by atoms with Crippen LogP contribution in [0.25, 0.3) is 21.9 Å². The van der Waals surface area contributed by atoms with Crippen molar-refractivity contribution in [2.75, 3.05) is 13.1 Å². The summed E-state index contributed by atoms with van der Waals surface area (Å²) >= 11 is 6.06. The van der Waals surface area contributed by atoms with Crippen molar-refractivity contribution in [3.63, 3.8) is 0 Å². The van der Waals surface area contributed by atoms with Gasteiger partial charge in [-0.2, -0.15) is 0 Å². The van der Waals surface area contributed by atoms with Gasteiger partial charge in [-0.15, -0.1) is 0 Å². The molecule has 132 valence electrons. The first-order valence-corrected chi connectivity index (χ1v) is 8.69. The molecule has 1 aromatic carbocycles. The second kappa shape index (κ2) is 6.46. The topological polar surface area (TPSA) is 67.2 Å². The molecule has 0 aliphatic carbocycles. The minimum Gasteiger partial charge on any atom is -0.348 e. The third-order valence-corrected chi connectivity index (χ3v) is 4.83. The highest BCUT2D eigenvalue weighted by molar-refractivity contribution is 6.30. The predicted molar refractivity (Wildman–Crippen MR) is 101 cm³/mol. The lowest BCUT2D eigenvalue weighted by Crippen LogP contribution is -2.61. The van der Waals surface area contributed by atoms with Crippen LogP contribution in [0, 0.1) is 0 Å². The zero-order chi connectivity index (χ0) is 18.3. The molecule has 3 aromatic rings. The third kappa shape index (κ3) is 2.82. The number of halogens is 1. The number of amides is 2. The van der Waals surface area contributed by atoms with Gasteiger partial charge >= 0.3 is 0 Å². The Bertz CT molecular complexity index is 1040. The largest absolute Gasteiger partial charge is 0.348 e. The summed E-state index contributed by atoms with van der Waals surface area (Å²) in [6.07, 6.45) is 1.28. The molecule has 6 nitrogen and oxygen atoms in total. The van der Waals surface area contributed by atoms with E-state index in [9.17, 15) is 9.59 Å². The Morgan fingerprint density at radius 1 is 1.23 bits per heavy atom. The number of aromatic nitrogens is 2. The smallest absolute Gasteiger partial charge is 0.246 e. The Morgan fingerprint density at radius 2 is 2.00 bits per heavy atom. The molecule has 2 aromatic heterocycles. The highest BCUT2D eigenvalue weighted by atomic mass is 35.5. The van der Waals surface area contributed by atoms with Crippen molar-refractivity contribution in [1.82, 2.24) is 19.8 Å². The Labute approximate surface area is 155 Å². The number of pyridine rings is 1. The monoisotopic (exact) mass is 368 g/mol. The molecular weight excluding hydrogens is 352 g/mol. The van der Waals surface area contributed by atoms with E-state index in [1.165, 1.54) is 6.08 Å². The molecule has 0 atom stereocenters. The molecule has 2 amide bonds. The second-order valence-electron chi connectivity index (χ2n) is 6.32. The van der Waals surface area contributed by atoms with E-state index >= 15 is 0 Å². The number of hydrogen-bond donors (Lipinski definition) is 1. The Hall–Kier alpha value is -2.86. The summed E-state index contributed by atoms with van der Waals surface area (Å²) in [5, 5.41) is 5.34. The van der Waals surface area contributed by atoms with Gasteiger partial charge in [0.25, 0.3) is 0 Å². The van der Waals surface area contributed by atoms with E-state index in [2.05, 4.69) is 16.9 Å². The van der Waals surface area contributed by atoms with Crippen molar-refractivity contribution < 1.29 is 9.59 Å². The van der Waals surface area contributed by atoms with Crippen LogP contribution < -0.4 is 5.32 Å². The maximum absolute atomic E-state index is 12.5. The number of fused-ring (bicyclic) bond motifs is 3. The van der Waals surface area contributed by atoms with E-state index in [1.54, 1.807) is 11.0 Å². The fourth-order valence-electron chi connectivity index (χ4n) is 3.35. The van der Waals surface area contributed by atoms with Gasteiger partial charge in [-0.25, -0.2) is 4.98 Å². The number of benzene rings is 1. The standard InChI is InChI=1S/C19H17ClN4O2/c1-2-18(26)23-9-12(10-23)21-17(25)11-24-15-6-4-3-5-13(15)14-7-8-16(20)22-19(14)24/h2-8,12H,1,9-11H2,(H,21,25). The first-order valence-electron chi connectivity index (χ1n) is 8.31. The number of rotatable bonds is 4. The predicted octanol–water partition coefficient (Wildman–Crippen LogP) is 2.36. The first-order chi connectivity index (χ1) is 12.6. The van der Waals surface area contributed by atoms with Gasteiger partial charge in [-0.1, -0.05) is 36.4 Å². The molecule has 3 heterocycles. The molecule has 4 rings (SSSR count). The van der Waals surface area contributed by atoms with E-state index in [1.807, 2.05) is 34.9 Å². The van der Waals surface area contributed by atoms with Gasteiger partial charge in [0, 0.05) is 23.9 Å². The molecule has 0 saturated carbocycles. The number of para-hydroxylation sites is 1. The van der Waals surface area contributed by atoms with Crippen LogP contribution >= 0.6 is 11.6 Å². The van der Waals surface area contributed by atoms with E-state index < -0.39 is 0 Å². The number of carbonyl (C=O) groups excluding carboxylic acids is 2. The highest BCUT2D eigenvalue weighted by Gasteiger charge is 2.30. The normalized spacial score (nSPS) is 14.4. The van der Waals surface area contributed by atoms with Crippen molar-refractivity contribution in [3.05, 3.63) is 54.2 Å². The van der Waals surface area contributed by atoms with Gasteiger partial charge in [0.1, 0.15) is 17.3 Å². The van der Waals surface area contributed by atoms with Crippen LogP contribution in [0.15, 0.2) is 49.1 Å². The Kier molecular flexibility index (Phi) is 4.12. The maximum atomic E-state index is 12.5. The molecule has 1 aliphatic rings. The van der Waals surface area contributed by atoms with Crippen molar-refractivity contribution in [2.24, 2.45) is 0 Å². The van der Waals surface area contributed by atoms with Crippen LogP contribution in [-0.4, -0.2) is 45.4 Å². The summed E-state index contributed by atoms with van der Waals surface area (Å²) in [6, 6.07) is 11.5. The molecule has 1 fully saturated rings. The Morgan fingerprint density at radius 3 is 2.77 bits per heavy atom. The van der Waals surface area contributed by atoms with Crippen molar-refractivity contribution in [2.45, 2.75) is 12.6 Å². The molecule has 0 radical (unpaired) electrons. The zero-order valence-corrected chi connectivity index (χ0v) is 14.7. The molecule has 26 heavy (non-hydrogen) atoms. The number of nitrogens with zero attached hydrogens (tertiary/aromatic N) is 3. The summed E-state index contributed by atoms with van der Waals surface area (Å²) < 4.78 is 1.87. The van der Waals surface area contributed by atoms with E-state index in [0.717, 1.165) is 16.3 Å². The number of hydrogen-bond acceptors (Lipinski definition) is 3. The van der Waals surface area contributed by atoms with Crippen LogP contribution in [0.4, 0.5) is 0 Å². The molecule has 0 bridgehead atoms. The van der Waals surface area contributed by atoms with Gasteiger partial charge in [-0.3, -0.25) is 9.59 Å². The summed E-state index contributed by atoms with van der Waals surface area (Å²) in [5.41, 5.74) is 1.62. The highest BCUT2D eigenvalue weighted by Crippen LogP contribution is 2.28. The van der Waals surface area contributed by atoms with Crippen molar-refractivity contribution in [1.29, 1.82) is 0 Å². The van der Waals surface area contributed by atoms with Gasteiger partial charge < -0.3 is 14.8 Å². The van der Waals surface area contributed by atoms with Crippen LogP contribution in [0.3, 0.4) is 0 Å². The van der Waals surface area contributed by atoms with Gasteiger partial charge in [0.05, 0.1) is 11.6 Å². The molecular formula is C19H17ClN4O2. The summed E-state index contributed by atoms with van der Waals surface area (Å²) in [5.74, 6) is -0.234. The Balaban J connectivity index is 1.57. The van der Waals surface area contributed by atoms with Gasteiger partial charge in [0.15, 0.2) is 0 Å². The minimum absolute atomic E-state index is 0.0314. The molecule has 1 N–H and O–H groups in total. The van der Waals surface area contributed by atoms with E-state index in [0.29, 0.717) is 23.9 Å². The number of nitrogens with one attached hydrogen (secondary N) is 1. The van der Waals surface area contributed by atoms with Crippen LogP contribution in [0.1, 0.15) is 0 Å². The lowest BCUT2D eigenvalue weighted by Gasteiger charge is -2.38. The molecule has 1 saturated heterocycles. The summed E-state index contributed by atoms with van der Waals surface area (Å²) in [7, 11) is 0. The number of likely N-dealkylation sites (tertiary alicyclic amines) is 1. The van der Waals surface area contributed by atoms with Crippen molar-refractivity contribution in [3.8, 4) is 0 Å².